The maximum Gasteiger partial charge on any atom is 0.119 e. The molecule has 2 fully saturated rings. The molecule has 1 aromatic carbocycles. The van der Waals surface area contributed by atoms with E-state index in [4.69, 9.17) is 4.74 Å². The zero-order valence-electron chi connectivity index (χ0n) is 13.7. The minimum absolute atomic E-state index is 0.482. The van der Waals surface area contributed by atoms with Crippen molar-refractivity contribution >= 4 is 0 Å². The summed E-state index contributed by atoms with van der Waals surface area (Å²) < 4.78 is 5.85. The van der Waals surface area contributed by atoms with Gasteiger partial charge in [0, 0.05) is 6.04 Å². The highest BCUT2D eigenvalue weighted by Gasteiger charge is 2.31. The summed E-state index contributed by atoms with van der Waals surface area (Å²) in [5.74, 6) is 1.79. The van der Waals surface area contributed by atoms with Crippen LogP contribution in [0, 0.1) is 11.3 Å². The first kappa shape index (κ1) is 14.9. The van der Waals surface area contributed by atoms with Gasteiger partial charge in [0.05, 0.1) is 6.10 Å². The molecule has 1 aromatic rings. The summed E-state index contributed by atoms with van der Waals surface area (Å²) in [5.41, 5.74) is 1.95. The summed E-state index contributed by atoms with van der Waals surface area (Å²) in [5, 5.41) is 3.55. The minimum atomic E-state index is 0.482. The molecule has 3 rings (SSSR count). The van der Waals surface area contributed by atoms with Crippen LogP contribution in [-0.2, 0) is 0 Å². The van der Waals surface area contributed by atoms with Crippen molar-refractivity contribution in [2.75, 3.05) is 7.05 Å². The molecule has 1 atom stereocenters. The van der Waals surface area contributed by atoms with Gasteiger partial charge in [0.25, 0.3) is 0 Å². The second kappa shape index (κ2) is 6.00. The van der Waals surface area contributed by atoms with Crippen LogP contribution in [0.5, 0.6) is 5.75 Å². The molecule has 0 aromatic heterocycles. The second-order valence-electron chi connectivity index (χ2n) is 7.65. The zero-order valence-corrected chi connectivity index (χ0v) is 13.7. The van der Waals surface area contributed by atoms with Crippen molar-refractivity contribution < 1.29 is 4.74 Å². The Labute approximate surface area is 129 Å². The van der Waals surface area contributed by atoms with Crippen molar-refractivity contribution in [3.63, 3.8) is 0 Å². The third-order valence-electron chi connectivity index (χ3n) is 5.23. The average molecular weight is 287 g/mol. The van der Waals surface area contributed by atoms with E-state index < -0.39 is 0 Å². The van der Waals surface area contributed by atoms with Gasteiger partial charge >= 0.3 is 0 Å². The minimum Gasteiger partial charge on any atom is -0.490 e. The highest BCUT2D eigenvalue weighted by Crippen LogP contribution is 2.42. The van der Waals surface area contributed by atoms with Crippen molar-refractivity contribution in [3.05, 3.63) is 29.8 Å². The summed E-state index contributed by atoms with van der Waals surface area (Å²) in [6.45, 7) is 4.81. The van der Waals surface area contributed by atoms with Crippen LogP contribution < -0.4 is 10.1 Å². The normalized spacial score (nSPS) is 23.8. The van der Waals surface area contributed by atoms with Crippen LogP contribution >= 0.6 is 0 Å². The van der Waals surface area contributed by atoms with Gasteiger partial charge in [-0.15, -0.1) is 0 Å². The first-order valence-corrected chi connectivity index (χ1v) is 8.51. The largest absolute Gasteiger partial charge is 0.490 e. The Morgan fingerprint density at radius 2 is 1.67 bits per heavy atom. The Hall–Kier alpha value is -1.02. The number of hydrogen-bond acceptors (Lipinski definition) is 2. The number of ether oxygens (including phenoxy) is 1. The van der Waals surface area contributed by atoms with Gasteiger partial charge in [0.2, 0.25) is 0 Å². The molecule has 2 aliphatic rings. The molecule has 0 aliphatic heterocycles. The molecule has 0 spiro atoms. The zero-order chi connectivity index (χ0) is 14.9. The molecule has 2 saturated carbocycles. The predicted octanol–water partition coefficient (Wildman–Crippen LogP) is 4.70. The van der Waals surface area contributed by atoms with Crippen LogP contribution in [-0.4, -0.2) is 13.2 Å². The molecule has 21 heavy (non-hydrogen) atoms. The third-order valence-corrected chi connectivity index (χ3v) is 5.23. The van der Waals surface area contributed by atoms with Gasteiger partial charge in [-0.1, -0.05) is 26.0 Å². The molecule has 0 amide bonds. The molecular weight excluding hydrogens is 258 g/mol. The molecular formula is C19H29NO. The lowest BCUT2D eigenvalue weighted by atomic mass is 9.70. The first-order chi connectivity index (χ1) is 10.1. The van der Waals surface area contributed by atoms with Gasteiger partial charge in [0.15, 0.2) is 0 Å². The fraction of sp³-hybridized carbons (Fsp3) is 0.684. The van der Waals surface area contributed by atoms with Crippen LogP contribution in [0.4, 0.5) is 0 Å². The van der Waals surface area contributed by atoms with Gasteiger partial charge < -0.3 is 10.1 Å². The molecule has 2 heteroatoms. The average Bonchev–Trinajstić information content (AvgIpc) is 3.27. The number of benzene rings is 1. The number of hydrogen-bond donors (Lipinski definition) is 1. The SMILES string of the molecule is CNC(c1ccc(OC2CC2)cc1)C1CCC(C)(C)CC1. The van der Waals surface area contributed by atoms with E-state index >= 15 is 0 Å². The molecule has 2 aliphatic carbocycles. The molecule has 2 nitrogen and oxygen atoms in total. The van der Waals surface area contributed by atoms with E-state index in [0.29, 0.717) is 17.6 Å². The lowest BCUT2D eigenvalue weighted by molar-refractivity contribution is 0.164. The van der Waals surface area contributed by atoms with Crippen molar-refractivity contribution in [1.29, 1.82) is 0 Å². The van der Waals surface area contributed by atoms with Crippen LogP contribution in [0.2, 0.25) is 0 Å². The van der Waals surface area contributed by atoms with Crippen molar-refractivity contribution in [1.82, 2.24) is 5.32 Å². The number of nitrogens with one attached hydrogen (secondary N) is 1. The fourth-order valence-electron chi connectivity index (χ4n) is 3.56. The van der Waals surface area contributed by atoms with Gasteiger partial charge in [-0.25, -0.2) is 0 Å². The van der Waals surface area contributed by atoms with Gasteiger partial charge in [-0.2, -0.15) is 0 Å². The summed E-state index contributed by atoms with van der Waals surface area (Å²) in [4.78, 5) is 0. The maximum absolute atomic E-state index is 5.85. The van der Waals surface area contributed by atoms with Crippen molar-refractivity contribution in [2.45, 2.75) is 64.5 Å². The van der Waals surface area contributed by atoms with Gasteiger partial charge in [0.1, 0.15) is 5.75 Å². The summed E-state index contributed by atoms with van der Waals surface area (Å²) in [6.07, 6.45) is 8.28. The Balaban J connectivity index is 1.64. The molecule has 0 bridgehead atoms. The maximum atomic E-state index is 5.85. The third kappa shape index (κ3) is 3.79. The summed E-state index contributed by atoms with van der Waals surface area (Å²) in [7, 11) is 2.10. The molecule has 1 unspecified atom stereocenters. The van der Waals surface area contributed by atoms with E-state index in [2.05, 4.69) is 50.5 Å². The number of rotatable bonds is 5. The highest BCUT2D eigenvalue weighted by molar-refractivity contribution is 5.30. The van der Waals surface area contributed by atoms with E-state index in [-0.39, 0.29) is 0 Å². The Kier molecular flexibility index (Phi) is 4.26. The van der Waals surface area contributed by atoms with E-state index in [1.165, 1.54) is 44.1 Å². The fourth-order valence-corrected chi connectivity index (χ4v) is 3.56. The van der Waals surface area contributed by atoms with Crippen LogP contribution in [0.3, 0.4) is 0 Å². The van der Waals surface area contributed by atoms with Crippen LogP contribution in [0.25, 0.3) is 0 Å². The molecule has 1 N–H and O–H groups in total. The Bertz CT molecular complexity index is 451. The van der Waals surface area contributed by atoms with Crippen LogP contribution in [0.15, 0.2) is 24.3 Å². The molecule has 0 saturated heterocycles. The van der Waals surface area contributed by atoms with Gasteiger partial charge in [-0.05, 0) is 74.6 Å². The first-order valence-electron chi connectivity index (χ1n) is 8.51. The lowest BCUT2D eigenvalue weighted by Gasteiger charge is -2.38. The summed E-state index contributed by atoms with van der Waals surface area (Å²) in [6, 6.07) is 9.27. The molecule has 0 heterocycles. The smallest absolute Gasteiger partial charge is 0.119 e. The van der Waals surface area contributed by atoms with Crippen LogP contribution in [0.1, 0.15) is 64.0 Å². The second-order valence-corrected chi connectivity index (χ2v) is 7.65. The Morgan fingerprint density at radius 3 is 2.19 bits per heavy atom. The Morgan fingerprint density at radius 1 is 1.05 bits per heavy atom. The predicted molar refractivity (Wildman–Crippen MR) is 87.6 cm³/mol. The van der Waals surface area contributed by atoms with E-state index in [1.807, 2.05) is 0 Å². The molecule has 0 radical (unpaired) electrons. The lowest BCUT2D eigenvalue weighted by Crippen LogP contribution is -2.31. The topological polar surface area (TPSA) is 21.3 Å². The van der Waals surface area contributed by atoms with E-state index in [1.54, 1.807) is 0 Å². The van der Waals surface area contributed by atoms with Gasteiger partial charge in [-0.3, -0.25) is 0 Å². The van der Waals surface area contributed by atoms with Crippen molar-refractivity contribution in [2.24, 2.45) is 11.3 Å². The monoisotopic (exact) mass is 287 g/mol. The standard InChI is InChI=1S/C19H29NO/c1-19(2)12-10-15(11-13-19)18(20-3)14-4-6-16(7-5-14)21-17-8-9-17/h4-7,15,17-18,20H,8-13H2,1-3H3. The summed E-state index contributed by atoms with van der Waals surface area (Å²) >= 11 is 0. The van der Waals surface area contributed by atoms with E-state index in [9.17, 15) is 0 Å². The highest BCUT2D eigenvalue weighted by atomic mass is 16.5. The quantitative estimate of drug-likeness (QED) is 0.847. The van der Waals surface area contributed by atoms with Crippen molar-refractivity contribution in [3.8, 4) is 5.75 Å². The van der Waals surface area contributed by atoms with E-state index in [0.717, 1.165) is 11.7 Å². The molecule has 116 valence electrons.